The quantitative estimate of drug-likeness (QED) is 0.850. The molecule has 0 aliphatic carbocycles. The van der Waals surface area contributed by atoms with Gasteiger partial charge in [0.2, 0.25) is 0 Å². The van der Waals surface area contributed by atoms with Crippen molar-refractivity contribution in [1.82, 2.24) is 9.88 Å². The van der Waals surface area contributed by atoms with Crippen molar-refractivity contribution >= 4 is 17.5 Å². The van der Waals surface area contributed by atoms with Gasteiger partial charge in [-0.3, -0.25) is 9.59 Å². The van der Waals surface area contributed by atoms with E-state index in [0.29, 0.717) is 17.3 Å². The lowest BCUT2D eigenvalue weighted by Gasteiger charge is -2.30. The number of amides is 2. The molecule has 1 saturated heterocycles. The van der Waals surface area contributed by atoms with Crippen molar-refractivity contribution in [2.45, 2.75) is 39.7 Å². The number of nitrogens with zero attached hydrogens (tertiary/aromatic N) is 2. The number of carbonyl (C=O) groups excluding carboxylic acids is 2. The second-order valence-electron chi connectivity index (χ2n) is 7.55. The predicted octanol–water partition coefficient (Wildman–Crippen LogP) is 3.99. The van der Waals surface area contributed by atoms with Crippen LogP contribution in [0.5, 0.6) is 5.75 Å². The number of likely N-dealkylation sites (tertiary alicyclic amines) is 1. The van der Waals surface area contributed by atoms with Gasteiger partial charge >= 0.3 is 0 Å². The maximum atomic E-state index is 12.7. The molecule has 0 spiro atoms. The maximum Gasteiger partial charge on any atom is 0.274 e. The zero-order valence-corrected chi connectivity index (χ0v) is 16.6. The fourth-order valence-corrected chi connectivity index (χ4v) is 3.30. The molecule has 1 unspecified atom stereocenters. The number of carbonyl (C=O) groups is 2. The van der Waals surface area contributed by atoms with Gasteiger partial charge in [0.1, 0.15) is 17.1 Å². The van der Waals surface area contributed by atoms with Gasteiger partial charge in [0, 0.05) is 18.8 Å². The van der Waals surface area contributed by atoms with E-state index in [9.17, 15) is 9.59 Å². The lowest BCUT2D eigenvalue weighted by Crippen LogP contribution is -2.39. The van der Waals surface area contributed by atoms with Crippen LogP contribution in [-0.4, -0.2) is 40.9 Å². The summed E-state index contributed by atoms with van der Waals surface area (Å²) < 4.78 is 5.60. The normalized spacial score (nSPS) is 16.7. The van der Waals surface area contributed by atoms with E-state index in [1.807, 2.05) is 18.7 Å². The van der Waals surface area contributed by atoms with E-state index in [1.54, 1.807) is 42.5 Å². The van der Waals surface area contributed by atoms with Gasteiger partial charge in [0.25, 0.3) is 11.8 Å². The van der Waals surface area contributed by atoms with Crippen molar-refractivity contribution in [3.8, 4) is 5.75 Å². The SMILES string of the molecule is CC1CCCN(C(=O)c2cccc(C(=O)Nc3ccc(OC(C)C)cc3)n2)C1. The number of ether oxygens (including phenoxy) is 1. The zero-order valence-electron chi connectivity index (χ0n) is 16.6. The van der Waals surface area contributed by atoms with Gasteiger partial charge in [-0.25, -0.2) is 4.98 Å². The van der Waals surface area contributed by atoms with Crippen LogP contribution >= 0.6 is 0 Å². The molecule has 148 valence electrons. The van der Waals surface area contributed by atoms with E-state index in [1.165, 1.54) is 0 Å². The molecule has 1 N–H and O–H groups in total. The molecule has 0 saturated carbocycles. The van der Waals surface area contributed by atoms with Crippen molar-refractivity contribution in [1.29, 1.82) is 0 Å². The summed E-state index contributed by atoms with van der Waals surface area (Å²) in [4.78, 5) is 31.4. The largest absolute Gasteiger partial charge is 0.491 e. The molecule has 2 amide bonds. The standard InChI is InChI=1S/C22H27N3O3/c1-15(2)28-18-11-9-17(10-12-18)23-21(26)19-7-4-8-20(24-19)22(27)25-13-5-6-16(3)14-25/h4,7-12,15-16H,5-6,13-14H2,1-3H3,(H,23,26). The van der Waals surface area contributed by atoms with Crippen LogP contribution < -0.4 is 10.1 Å². The van der Waals surface area contributed by atoms with Crippen LogP contribution in [0.3, 0.4) is 0 Å². The average Bonchev–Trinajstić information content (AvgIpc) is 2.68. The number of hydrogen-bond acceptors (Lipinski definition) is 4. The molecule has 2 aromatic rings. The van der Waals surface area contributed by atoms with Crippen molar-refractivity contribution < 1.29 is 14.3 Å². The first-order chi connectivity index (χ1) is 13.4. The van der Waals surface area contributed by atoms with E-state index < -0.39 is 0 Å². The topological polar surface area (TPSA) is 71.5 Å². The number of pyridine rings is 1. The first-order valence-electron chi connectivity index (χ1n) is 9.77. The molecule has 1 aromatic heterocycles. The maximum absolute atomic E-state index is 12.7. The number of benzene rings is 1. The summed E-state index contributed by atoms with van der Waals surface area (Å²) in [5.74, 6) is 0.775. The van der Waals surface area contributed by atoms with Crippen LogP contribution in [0.15, 0.2) is 42.5 Å². The number of anilines is 1. The fraction of sp³-hybridized carbons (Fsp3) is 0.409. The van der Waals surface area contributed by atoms with Crippen LogP contribution in [0.25, 0.3) is 0 Å². The Kier molecular flexibility index (Phi) is 6.29. The molecule has 0 radical (unpaired) electrons. The molecule has 1 aliphatic heterocycles. The third kappa shape index (κ3) is 5.09. The first-order valence-corrected chi connectivity index (χ1v) is 9.77. The van der Waals surface area contributed by atoms with Crippen LogP contribution in [0.1, 0.15) is 54.6 Å². The Labute approximate surface area is 165 Å². The van der Waals surface area contributed by atoms with Crippen LogP contribution in [0.2, 0.25) is 0 Å². The molecule has 1 aliphatic rings. The van der Waals surface area contributed by atoms with Crippen LogP contribution in [0, 0.1) is 5.92 Å². The highest BCUT2D eigenvalue weighted by atomic mass is 16.5. The Hall–Kier alpha value is -2.89. The molecule has 6 nitrogen and oxygen atoms in total. The van der Waals surface area contributed by atoms with E-state index in [0.717, 1.165) is 31.7 Å². The smallest absolute Gasteiger partial charge is 0.274 e. The van der Waals surface area contributed by atoms with Crippen LogP contribution in [0.4, 0.5) is 5.69 Å². The number of rotatable bonds is 5. The zero-order chi connectivity index (χ0) is 20.1. The molecular weight excluding hydrogens is 354 g/mol. The van der Waals surface area contributed by atoms with E-state index >= 15 is 0 Å². The minimum atomic E-state index is -0.348. The lowest BCUT2D eigenvalue weighted by molar-refractivity contribution is 0.0677. The Balaban J connectivity index is 1.67. The summed E-state index contributed by atoms with van der Waals surface area (Å²) in [6, 6.07) is 12.1. The third-order valence-electron chi connectivity index (χ3n) is 4.63. The van der Waals surface area contributed by atoms with E-state index in [-0.39, 0.29) is 23.6 Å². The highest BCUT2D eigenvalue weighted by Crippen LogP contribution is 2.19. The number of hydrogen-bond donors (Lipinski definition) is 1. The van der Waals surface area contributed by atoms with Gasteiger partial charge in [0.05, 0.1) is 6.10 Å². The Morgan fingerprint density at radius 2 is 1.86 bits per heavy atom. The van der Waals surface area contributed by atoms with E-state index in [2.05, 4.69) is 17.2 Å². The van der Waals surface area contributed by atoms with Crippen molar-refractivity contribution in [2.24, 2.45) is 5.92 Å². The Morgan fingerprint density at radius 1 is 1.14 bits per heavy atom. The van der Waals surface area contributed by atoms with E-state index in [4.69, 9.17) is 4.74 Å². The molecule has 1 fully saturated rings. The second-order valence-corrected chi connectivity index (χ2v) is 7.55. The van der Waals surface area contributed by atoms with Gasteiger partial charge in [-0.15, -0.1) is 0 Å². The molecular formula is C22H27N3O3. The summed E-state index contributed by atoms with van der Waals surface area (Å²) in [5, 5.41) is 2.81. The fourth-order valence-electron chi connectivity index (χ4n) is 3.30. The van der Waals surface area contributed by atoms with Gasteiger partial charge < -0.3 is 15.0 Å². The highest BCUT2D eigenvalue weighted by Gasteiger charge is 2.23. The summed E-state index contributed by atoms with van der Waals surface area (Å²) >= 11 is 0. The molecule has 28 heavy (non-hydrogen) atoms. The highest BCUT2D eigenvalue weighted by molar-refractivity contribution is 6.03. The van der Waals surface area contributed by atoms with Gasteiger partial charge in [-0.1, -0.05) is 13.0 Å². The van der Waals surface area contributed by atoms with Crippen LogP contribution in [-0.2, 0) is 0 Å². The molecule has 1 aromatic carbocycles. The molecule has 1 atom stereocenters. The molecule has 6 heteroatoms. The molecule has 2 heterocycles. The second kappa shape index (κ2) is 8.87. The number of aromatic nitrogens is 1. The summed E-state index contributed by atoms with van der Waals surface area (Å²) in [6.45, 7) is 7.54. The average molecular weight is 381 g/mol. The Morgan fingerprint density at radius 3 is 2.54 bits per heavy atom. The van der Waals surface area contributed by atoms with Crippen molar-refractivity contribution in [3.05, 3.63) is 53.9 Å². The van der Waals surface area contributed by atoms with Crippen molar-refractivity contribution in [2.75, 3.05) is 18.4 Å². The lowest BCUT2D eigenvalue weighted by atomic mass is 10.00. The summed E-state index contributed by atoms with van der Waals surface area (Å²) in [7, 11) is 0. The van der Waals surface area contributed by atoms with Gasteiger partial charge in [-0.2, -0.15) is 0 Å². The predicted molar refractivity (Wildman–Crippen MR) is 109 cm³/mol. The first kappa shape index (κ1) is 19.9. The van der Waals surface area contributed by atoms with Gasteiger partial charge in [0.15, 0.2) is 0 Å². The minimum Gasteiger partial charge on any atom is -0.491 e. The van der Waals surface area contributed by atoms with Gasteiger partial charge in [-0.05, 0) is 69.0 Å². The third-order valence-corrected chi connectivity index (χ3v) is 4.63. The van der Waals surface area contributed by atoms with Crippen molar-refractivity contribution in [3.63, 3.8) is 0 Å². The Bertz CT molecular complexity index is 833. The summed E-state index contributed by atoms with van der Waals surface area (Å²) in [6.07, 6.45) is 2.23. The number of nitrogens with one attached hydrogen (secondary N) is 1. The monoisotopic (exact) mass is 381 g/mol. The minimum absolute atomic E-state index is 0.0906. The molecule has 3 rings (SSSR count). The molecule has 0 bridgehead atoms. The number of piperidine rings is 1. The summed E-state index contributed by atoms with van der Waals surface area (Å²) in [5.41, 5.74) is 1.17.